The van der Waals surface area contributed by atoms with Gasteiger partial charge in [-0.15, -0.1) is 0 Å². The highest BCUT2D eigenvalue weighted by atomic mass is 19.2. The summed E-state index contributed by atoms with van der Waals surface area (Å²) in [6, 6.07) is 8.42. The van der Waals surface area contributed by atoms with Crippen LogP contribution < -0.4 is 9.47 Å². The van der Waals surface area contributed by atoms with E-state index in [9.17, 15) is 13.2 Å². The van der Waals surface area contributed by atoms with Crippen molar-refractivity contribution in [2.24, 2.45) is 5.92 Å². The molecule has 196 valence electrons. The van der Waals surface area contributed by atoms with E-state index in [0.717, 1.165) is 56.9 Å². The second-order valence-electron chi connectivity index (χ2n) is 10.0. The fourth-order valence-electron chi connectivity index (χ4n) is 5.66. The Labute approximate surface area is 212 Å². The average Bonchev–Trinajstić information content (AvgIpc) is 2.90. The van der Waals surface area contributed by atoms with Crippen molar-refractivity contribution in [3.63, 3.8) is 0 Å². The molecule has 2 fully saturated rings. The minimum atomic E-state index is -0.887. The Balaban J connectivity index is 1.27. The van der Waals surface area contributed by atoms with Crippen LogP contribution in [0, 0.1) is 23.4 Å². The molecule has 2 aliphatic carbocycles. The predicted octanol–water partition coefficient (Wildman–Crippen LogP) is 8.08. The first kappa shape index (κ1) is 26.6. The van der Waals surface area contributed by atoms with Gasteiger partial charge < -0.3 is 14.2 Å². The van der Waals surface area contributed by atoms with Crippen LogP contribution in [0.4, 0.5) is 13.2 Å². The maximum atomic E-state index is 14.9. The molecule has 6 heteroatoms. The first-order valence-corrected chi connectivity index (χ1v) is 13.3. The zero-order valence-corrected chi connectivity index (χ0v) is 21.1. The lowest BCUT2D eigenvalue weighted by Crippen LogP contribution is -2.22. The normalized spacial score (nSPS) is 24.3. The van der Waals surface area contributed by atoms with E-state index >= 15 is 0 Å². The van der Waals surface area contributed by atoms with Gasteiger partial charge in [0.1, 0.15) is 6.61 Å². The molecule has 2 aromatic rings. The summed E-state index contributed by atoms with van der Waals surface area (Å²) >= 11 is 0. The van der Waals surface area contributed by atoms with E-state index in [-0.39, 0.29) is 47.8 Å². The first-order chi connectivity index (χ1) is 17.5. The average molecular weight is 503 g/mol. The van der Waals surface area contributed by atoms with Gasteiger partial charge in [0.15, 0.2) is 23.1 Å². The highest BCUT2D eigenvalue weighted by molar-refractivity contribution is 5.34. The molecule has 0 unspecified atom stereocenters. The third-order valence-corrected chi connectivity index (χ3v) is 7.70. The molecule has 0 aromatic heterocycles. The highest BCUT2D eigenvalue weighted by Gasteiger charge is 2.28. The van der Waals surface area contributed by atoms with Crippen molar-refractivity contribution >= 4 is 0 Å². The molecule has 0 spiro atoms. The number of halogens is 3. The lowest BCUT2D eigenvalue weighted by atomic mass is 9.79. The molecule has 0 saturated heterocycles. The minimum absolute atomic E-state index is 0.0152. The molecule has 0 bridgehead atoms. The summed E-state index contributed by atoms with van der Waals surface area (Å²) in [7, 11) is 0. The molecular formula is C30H37F3O3. The fraction of sp³-hybridized carbons (Fsp3) is 0.533. The number of benzene rings is 2. The van der Waals surface area contributed by atoms with Gasteiger partial charge >= 0.3 is 0 Å². The first-order valence-electron chi connectivity index (χ1n) is 13.3. The van der Waals surface area contributed by atoms with E-state index in [0.29, 0.717) is 18.8 Å². The minimum Gasteiger partial charge on any atom is -0.490 e. The Morgan fingerprint density at radius 3 is 2.19 bits per heavy atom. The summed E-state index contributed by atoms with van der Waals surface area (Å²) in [5, 5.41) is 0. The zero-order valence-electron chi connectivity index (χ0n) is 21.1. The van der Waals surface area contributed by atoms with Gasteiger partial charge in [0.25, 0.3) is 0 Å². The van der Waals surface area contributed by atoms with Crippen LogP contribution in [0.2, 0.25) is 0 Å². The second kappa shape index (κ2) is 12.7. The quantitative estimate of drug-likeness (QED) is 0.307. The Hall–Kier alpha value is -2.47. The molecule has 0 N–H and O–H groups in total. The van der Waals surface area contributed by atoms with Crippen LogP contribution in [0.25, 0.3) is 0 Å². The summed E-state index contributed by atoms with van der Waals surface area (Å²) in [5.41, 5.74) is 1.42. The standard InChI is InChI=1S/C30H37F3O3/c1-3-17-35-27-15-11-23(18-26(27)31)21-7-5-20(6-8-21)19-36-28-16-14-25(29(32)30(28)33)22-9-12-24(13-10-22)34-4-2/h3,11,14-16,18,20-22,24H,1,4-10,12-13,17,19H2,2H3. The lowest BCUT2D eigenvalue weighted by molar-refractivity contribution is 0.0325. The third kappa shape index (κ3) is 6.44. The van der Waals surface area contributed by atoms with E-state index < -0.39 is 11.6 Å². The van der Waals surface area contributed by atoms with Crippen molar-refractivity contribution in [2.45, 2.75) is 76.2 Å². The molecule has 36 heavy (non-hydrogen) atoms. The van der Waals surface area contributed by atoms with Crippen LogP contribution in [0.3, 0.4) is 0 Å². The van der Waals surface area contributed by atoms with E-state index in [1.807, 2.05) is 13.0 Å². The van der Waals surface area contributed by atoms with Crippen molar-refractivity contribution in [2.75, 3.05) is 19.8 Å². The van der Waals surface area contributed by atoms with Crippen LogP contribution in [0.15, 0.2) is 43.0 Å². The van der Waals surface area contributed by atoms with Gasteiger partial charge in [0.2, 0.25) is 5.82 Å². The molecule has 0 amide bonds. The number of ether oxygens (including phenoxy) is 3. The van der Waals surface area contributed by atoms with Crippen LogP contribution in [-0.2, 0) is 4.74 Å². The summed E-state index contributed by atoms with van der Waals surface area (Å²) in [4.78, 5) is 0. The van der Waals surface area contributed by atoms with E-state index in [1.54, 1.807) is 30.3 Å². The Bertz CT molecular complexity index is 1010. The topological polar surface area (TPSA) is 27.7 Å². The molecule has 2 aliphatic rings. The van der Waals surface area contributed by atoms with Crippen molar-refractivity contribution in [3.8, 4) is 11.5 Å². The number of hydrogen-bond donors (Lipinski definition) is 0. The van der Waals surface area contributed by atoms with Crippen molar-refractivity contribution < 1.29 is 27.4 Å². The molecule has 0 radical (unpaired) electrons. The molecule has 2 aromatic carbocycles. The Morgan fingerprint density at radius 2 is 1.53 bits per heavy atom. The van der Waals surface area contributed by atoms with Crippen molar-refractivity contribution in [1.29, 1.82) is 0 Å². The number of rotatable bonds is 10. The van der Waals surface area contributed by atoms with Gasteiger partial charge in [0.05, 0.1) is 12.7 Å². The van der Waals surface area contributed by atoms with Gasteiger partial charge in [-0.3, -0.25) is 0 Å². The molecule has 4 rings (SSSR count). The van der Waals surface area contributed by atoms with E-state index in [4.69, 9.17) is 14.2 Å². The predicted molar refractivity (Wildman–Crippen MR) is 135 cm³/mol. The van der Waals surface area contributed by atoms with Gasteiger partial charge in [-0.25, -0.2) is 8.78 Å². The second-order valence-corrected chi connectivity index (χ2v) is 10.0. The smallest absolute Gasteiger partial charge is 0.200 e. The van der Waals surface area contributed by atoms with Crippen LogP contribution >= 0.6 is 0 Å². The zero-order chi connectivity index (χ0) is 25.5. The van der Waals surface area contributed by atoms with Gasteiger partial charge in [0, 0.05) is 6.61 Å². The summed E-state index contributed by atoms with van der Waals surface area (Å²) < 4.78 is 60.8. The molecule has 2 saturated carbocycles. The SMILES string of the molecule is C=CCOc1ccc(C2CCC(COc3ccc(C4CCC(OCC)CC4)c(F)c3F)CC2)cc1F. The maximum Gasteiger partial charge on any atom is 0.200 e. The van der Waals surface area contributed by atoms with E-state index in [1.165, 1.54) is 0 Å². The molecule has 3 nitrogen and oxygen atoms in total. The molecule has 0 aliphatic heterocycles. The van der Waals surface area contributed by atoms with Gasteiger partial charge in [-0.1, -0.05) is 24.8 Å². The van der Waals surface area contributed by atoms with Crippen LogP contribution in [-0.4, -0.2) is 25.9 Å². The lowest BCUT2D eigenvalue weighted by Gasteiger charge is -2.29. The fourth-order valence-corrected chi connectivity index (χ4v) is 5.66. The van der Waals surface area contributed by atoms with Gasteiger partial charge in [-0.05, 0) is 105 Å². The monoisotopic (exact) mass is 502 g/mol. The Morgan fingerprint density at radius 1 is 0.833 bits per heavy atom. The van der Waals surface area contributed by atoms with Crippen molar-refractivity contribution in [3.05, 3.63) is 71.6 Å². The summed E-state index contributed by atoms with van der Waals surface area (Å²) in [6.07, 6.45) is 8.77. The molecule has 0 atom stereocenters. The Kier molecular flexibility index (Phi) is 9.35. The largest absolute Gasteiger partial charge is 0.490 e. The summed E-state index contributed by atoms with van der Waals surface area (Å²) in [5.74, 6) is -1.25. The van der Waals surface area contributed by atoms with Crippen molar-refractivity contribution in [1.82, 2.24) is 0 Å². The summed E-state index contributed by atoms with van der Waals surface area (Å²) in [6.45, 7) is 6.86. The van der Waals surface area contributed by atoms with Gasteiger partial charge in [-0.2, -0.15) is 4.39 Å². The van der Waals surface area contributed by atoms with Crippen LogP contribution in [0.1, 0.15) is 81.3 Å². The van der Waals surface area contributed by atoms with E-state index in [2.05, 4.69) is 6.58 Å². The third-order valence-electron chi connectivity index (χ3n) is 7.70. The van der Waals surface area contributed by atoms with Crippen LogP contribution in [0.5, 0.6) is 11.5 Å². The number of hydrogen-bond acceptors (Lipinski definition) is 3. The molecule has 0 heterocycles. The maximum absolute atomic E-state index is 14.9. The molecular weight excluding hydrogens is 465 g/mol. The highest BCUT2D eigenvalue weighted by Crippen LogP contribution is 2.39.